The Bertz CT molecular complexity index is 614. The van der Waals surface area contributed by atoms with E-state index in [0.29, 0.717) is 5.41 Å². The van der Waals surface area contributed by atoms with Gasteiger partial charge in [0.2, 0.25) is 0 Å². The lowest BCUT2D eigenvalue weighted by Crippen LogP contribution is -2.23. The molecule has 1 aliphatic carbocycles. The van der Waals surface area contributed by atoms with Crippen LogP contribution < -0.4 is 0 Å². The zero-order valence-electron chi connectivity index (χ0n) is 13.6. The summed E-state index contributed by atoms with van der Waals surface area (Å²) in [6.07, 6.45) is 6.79. The number of allylic oxidation sites excluding steroid dienone is 2. The summed E-state index contributed by atoms with van der Waals surface area (Å²) < 4.78 is 0. The molecule has 0 unspecified atom stereocenters. The Kier molecular flexibility index (Phi) is 5.03. The van der Waals surface area contributed by atoms with Crippen molar-refractivity contribution >= 4 is 5.69 Å². The van der Waals surface area contributed by atoms with Crippen LogP contribution in [0.2, 0.25) is 0 Å². The number of nitro benzene ring substituents is 1. The second kappa shape index (κ2) is 6.79. The molecule has 116 valence electrons. The minimum Gasteiger partial charge on any atom is -0.258 e. The summed E-state index contributed by atoms with van der Waals surface area (Å²) in [6.45, 7) is 6.96. The number of nitro groups is 1. The number of rotatable bonds is 1. The highest BCUT2D eigenvalue weighted by molar-refractivity contribution is 5.42. The van der Waals surface area contributed by atoms with E-state index in [9.17, 15) is 10.1 Å². The van der Waals surface area contributed by atoms with Crippen LogP contribution in [0, 0.1) is 33.3 Å². The molecule has 0 bridgehead atoms. The third-order valence-electron chi connectivity index (χ3n) is 4.42. The first-order chi connectivity index (χ1) is 10.4. The fourth-order valence-electron chi connectivity index (χ4n) is 2.89. The molecule has 0 amide bonds. The Balaban J connectivity index is 1.95. The lowest BCUT2D eigenvalue weighted by Gasteiger charge is -2.34. The highest BCUT2D eigenvalue weighted by Crippen LogP contribution is 2.39. The fourth-order valence-corrected chi connectivity index (χ4v) is 2.89. The van der Waals surface area contributed by atoms with Gasteiger partial charge in [-0.15, -0.1) is 0 Å². The average Bonchev–Trinajstić information content (AvgIpc) is 2.47. The van der Waals surface area contributed by atoms with Gasteiger partial charge in [-0.3, -0.25) is 10.1 Å². The van der Waals surface area contributed by atoms with Gasteiger partial charge in [0.05, 0.1) is 4.92 Å². The minimum atomic E-state index is -0.396. The molecule has 0 N–H and O–H groups in total. The summed E-state index contributed by atoms with van der Waals surface area (Å²) in [7, 11) is 0. The Morgan fingerprint density at radius 2 is 1.77 bits per heavy atom. The van der Waals surface area contributed by atoms with Gasteiger partial charge >= 0.3 is 0 Å². The molecule has 3 heteroatoms. The SMILES string of the molecule is CC(C)(C)C1CCC(=CC#Cc2ccc([N+](=O)[O-])cc2)CC1. The molecule has 0 spiro atoms. The second-order valence-electron chi connectivity index (χ2n) is 7.02. The molecule has 1 aromatic carbocycles. The highest BCUT2D eigenvalue weighted by Gasteiger charge is 2.27. The van der Waals surface area contributed by atoms with Crippen molar-refractivity contribution in [2.45, 2.75) is 46.5 Å². The van der Waals surface area contributed by atoms with E-state index >= 15 is 0 Å². The van der Waals surface area contributed by atoms with Crippen molar-refractivity contribution in [2.24, 2.45) is 11.3 Å². The van der Waals surface area contributed by atoms with Crippen LogP contribution in [0.4, 0.5) is 5.69 Å². The second-order valence-corrected chi connectivity index (χ2v) is 7.02. The minimum absolute atomic E-state index is 0.101. The molecule has 0 heterocycles. The number of non-ortho nitro benzene ring substituents is 1. The Morgan fingerprint density at radius 1 is 1.18 bits per heavy atom. The molecule has 3 nitrogen and oxygen atoms in total. The number of hydrogen-bond donors (Lipinski definition) is 0. The van der Waals surface area contributed by atoms with Crippen LogP contribution >= 0.6 is 0 Å². The van der Waals surface area contributed by atoms with Crippen LogP contribution in [0.5, 0.6) is 0 Å². The molecule has 1 aromatic rings. The van der Waals surface area contributed by atoms with Gasteiger partial charge in [-0.25, -0.2) is 0 Å². The van der Waals surface area contributed by atoms with E-state index in [4.69, 9.17) is 0 Å². The standard InChI is InChI=1S/C19H23NO2/c1-19(2,3)17-11-7-15(8-12-17)5-4-6-16-9-13-18(14-10-16)20(21)22/h5,9-10,13-14,17H,7-8,11-12H2,1-3H3. The average molecular weight is 297 g/mol. The molecular weight excluding hydrogens is 274 g/mol. The molecule has 22 heavy (non-hydrogen) atoms. The molecule has 1 fully saturated rings. The van der Waals surface area contributed by atoms with Gasteiger partial charge in [0.25, 0.3) is 5.69 Å². The lowest BCUT2D eigenvalue weighted by molar-refractivity contribution is -0.384. The predicted octanol–water partition coefficient (Wildman–Crippen LogP) is 5.11. The predicted molar refractivity (Wildman–Crippen MR) is 89.5 cm³/mol. The van der Waals surface area contributed by atoms with Crippen LogP contribution in [0.15, 0.2) is 35.9 Å². The third-order valence-corrected chi connectivity index (χ3v) is 4.42. The monoisotopic (exact) mass is 297 g/mol. The van der Waals surface area contributed by atoms with Crippen molar-refractivity contribution in [3.63, 3.8) is 0 Å². The largest absolute Gasteiger partial charge is 0.269 e. The van der Waals surface area contributed by atoms with Gasteiger partial charge in [0.15, 0.2) is 0 Å². The Hall–Kier alpha value is -2.08. The van der Waals surface area contributed by atoms with Crippen molar-refractivity contribution < 1.29 is 4.92 Å². The van der Waals surface area contributed by atoms with Gasteiger partial charge in [-0.05, 0) is 55.2 Å². The maximum absolute atomic E-state index is 10.6. The molecule has 2 rings (SSSR count). The van der Waals surface area contributed by atoms with Gasteiger partial charge in [-0.1, -0.05) is 38.2 Å². The summed E-state index contributed by atoms with van der Waals surface area (Å²) >= 11 is 0. The van der Waals surface area contributed by atoms with Crippen LogP contribution in [-0.4, -0.2) is 4.92 Å². The summed E-state index contributed by atoms with van der Waals surface area (Å²) in [5, 5.41) is 10.6. The van der Waals surface area contributed by atoms with Gasteiger partial charge < -0.3 is 0 Å². The quantitative estimate of drug-likeness (QED) is 0.411. The van der Waals surface area contributed by atoms with E-state index in [1.807, 2.05) is 6.08 Å². The zero-order chi connectivity index (χ0) is 16.2. The molecule has 0 aromatic heterocycles. The normalized spacial score (nSPS) is 18.3. The number of benzene rings is 1. The lowest BCUT2D eigenvalue weighted by atomic mass is 9.71. The van der Waals surface area contributed by atoms with Crippen LogP contribution in [0.3, 0.4) is 0 Å². The third kappa shape index (κ3) is 4.46. The van der Waals surface area contributed by atoms with E-state index in [1.165, 1.54) is 30.5 Å². The van der Waals surface area contributed by atoms with Crippen LogP contribution in [-0.2, 0) is 0 Å². The van der Waals surface area contributed by atoms with Crippen molar-refractivity contribution in [1.29, 1.82) is 0 Å². The number of nitrogens with zero attached hydrogens (tertiary/aromatic N) is 1. The van der Waals surface area contributed by atoms with Crippen molar-refractivity contribution in [2.75, 3.05) is 0 Å². The molecule has 0 atom stereocenters. The summed E-state index contributed by atoms with van der Waals surface area (Å²) in [4.78, 5) is 10.2. The molecule has 1 saturated carbocycles. The van der Waals surface area contributed by atoms with E-state index < -0.39 is 4.92 Å². The molecular formula is C19H23NO2. The van der Waals surface area contributed by atoms with Gasteiger partial charge in [0, 0.05) is 17.7 Å². The summed E-state index contributed by atoms with van der Waals surface area (Å²) in [5.74, 6) is 6.94. The van der Waals surface area contributed by atoms with Gasteiger partial charge in [-0.2, -0.15) is 0 Å². The van der Waals surface area contributed by atoms with Crippen molar-refractivity contribution in [1.82, 2.24) is 0 Å². The molecule has 0 aliphatic heterocycles. The molecule has 0 radical (unpaired) electrons. The first-order valence-electron chi connectivity index (χ1n) is 7.80. The van der Waals surface area contributed by atoms with E-state index in [-0.39, 0.29) is 5.69 Å². The Labute approximate surface area is 132 Å². The summed E-state index contributed by atoms with van der Waals surface area (Å²) in [6, 6.07) is 6.37. The van der Waals surface area contributed by atoms with Crippen LogP contribution in [0.1, 0.15) is 52.0 Å². The molecule has 1 aliphatic rings. The topological polar surface area (TPSA) is 43.1 Å². The van der Waals surface area contributed by atoms with E-state index in [2.05, 4.69) is 32.6 Å². The first-order valence-corrected chi connectivity index (χ1v) is 7.80. The maximum Gasteiger partial charge on any atom is 0.269 e. The molecule has 0 saturated heterocycles. The first kappa shape index (κ1) is 16.3. The maximum atomic E-state index is 10.6. The Morgan fingerprint density at radius 3 is 2.27 bits per heavy atom. The van der Waals surface area contributed by atoms with Crippen LogP contribution in [0.25, 0.3) is 0 Å². The highest BCUT2D eigenvalue weighted by atomic mass is 16.6. The van der Waals surface area contributed by atoms with E-state index in [0.717, 1.165) is 24.3 Å². The van der Waals surface area contributed by atoms with Crippen molar-refractivity contribution in [3.8, 4) is 11.8 Å². The van der Waals surface area contributed by atoms with Gasteiger partial charge in [0.1, 0.15) is 0 Å². The number of hydrogen-bond acceptors (Lipinski definition) is 2. The van der Waals surface area contributed by atoms with E-state index in [1.54, 1.807) is 12.1 Å². The fraction of sp³-hybridized carbons (Fsp3) is 0.474. The zero-order valence-corrected chi connectivity index (χ0v) is 13.6. The smallest absolute Gasteiger partial charge is 0.258 e. The summed E-state index contributed by atoms with van der Waals surface area (Å²) in [5.41, 5.74) is 2.74. The van der Waals surface area contributed by atoms with Crippen molar-refractivity contribution in [3.05, 3.63) is 51.6 Å².